The molecular formula is C9H18O. The summed E-state index contributed by atoms with van der Waals surface area (Å²) in [6.07, 6.45) is 5.71. The third-order valence-electron chi connectivity index (χ3n) is 1.48. The van der Waals surface area contributed by atoms with Crippen LogP contribution in [0.2, 0.25) is 0 Å². The van der Waals surface area contributed by atoms with E-state index in [4.69, 9.17) is 4.74 Å². The smallest absolute Gasteiger partial charge is 0.0886 e. The van der Waals surface area contributed by atoms with Crippen molar-refractivity contribution in [3.8, 4) is 0 Å². The normalized spacial score (nSPS) is 11.7. The second kappa shape index (κ2) is 6.66. The van der Waals surface area contributed by atoms with Crippen molar-refractivity contribution < 1.29 is 4.74 Å². The third-order valence-corrected chi connectivity index (χ3v) is 1.48. The van der Waals surface area contributed by atoms with Gasteiger partial charge in [-0.3, -0.25) is 0 Å². The molecule has 0 fully saturated rings. The topological polar surface area (TPSA) is 9.23 Å². The molecule has 0 saturated heterocycles. The summed E-state index contributed by atoms with van der Waals surface area (Å²) in [7, 11) is 0. The first-order valence-corrected chi connectivity index (χ1v) is 4.07. The Kier molecular flexibility index (Phi) is 6.35. The molecule has 0 aliphatic rings. The summed E-state index contributed by atoms with van der Waals surface area (Å²) in [5.74, 6) is 1.04. The predicted octanol–water partition coefficient (Wildman–Crippen LogP) is 3.12. The Hall–Kier alpha value is -0.460. The van der Waals surface area contributed by atoms with Gasteiger partial charge >= 0.3 is 0 Å². The van der Waals surface area contributed by atoms with Gasteiger partial charge in [-0.1, -0.05) is 25.8 Å². The van der Waals surface area contributed by atoms with Crippen molar-refractivity contribution in [1.82, 2.24) is 0 Å². The maximum absolute atomic E-state index is 5.35. The van der Waals surface area contributed by atoms with E-state index in [1.54, 1.807) is 0 Å². The van der Waals surface area contributed by atoms with E-state index >= 15 is 0 Å². The first-order chi connectivity index (χ1) is 4.81. The van der Waals surface area contributed by atoms with Gasteiger partial charge in [0.15, 0.2) is 0 Å². The minimum atomic E-state index is 0.879. The van der Waals surface area contributed by atoms with E-state index in [2.05, 4.69) is 6.92 Å². The van der Waals surface area contributed by atoms with Crippen LogP contribution in [-0.2, 0) is 4.74 Å². The van der Waals surface area contributed by atoms with Crippen molar-refractivity contribution in [2.24, 2.45) is 0 Å². The van der Waals surface area contributed by atoms with Gasteiger partial charge in [-0.15, -0.1) is 0 Å². The summed E-state index contributed by atoms with van der Waals surface area (Å²) in [5, 5.41) is 0. The van der Waals surface area contributed by atoms with Crippen LogP contribution in [0.25, 0.3) is 0 Å². The zero-order chi connectivity index (χ0) is 7.82. The highest BCUT2D eigenvalue weighted by molar-refractivity contribution is 4.83. The largest absolute Gasteiger partial charge is 0.499 e. The van der Waals surface area contributed by atoms with E-state index < -0.39 is 0 Å². The maximum Gasteiger partial charge on any atom is 0.0886 e. The van der Waals surface area contributed by atoms with Crippen LogP contribution in [0, 0.1) is 0 Å². The molecule has 0 aromatic rings. The van der Waals surface area contributed by atoms with Crippen molar-refractivity contribution in [2.45, 2.75) is 40.0 Å². The van der Waals surface area contributed by atoms with Gasteiger partial charge in [-0.25, -0.2) is 0 Å². The highest BCUT2D eigenvalue weighted by Crippen LogP contribution is 1.99. The third kappa shape index (κ3) is 5.67. The molecular weight excluding hydrogens is 124 g/mol. The average molecular weight is 142 g/mol. The highest BCUT2D eigenvalue weighted by atomic mass is 16.5. The number of allylic oxidation sites excluding steroid dienone is 2. The molecule has 1 nitrogen and oxygen atoms in total. The fraction of sp³-hybridized carbons (Fsp3) is 0.778. The van der Waals surface area contributed by atoms with E-state index in [1.165, 1.54) is 19.3 Å². The maximum atomic E-state index is 5.35. The molecule has 0 bridgehead atoms. The van der Waals surface area contributed by atoms with Gasteiger partial charge in [0.25, 0.3) is 0 Å². The van der Waals surface area contributed by atoms with Crippen LogP contribution in [0.1, 0.15) is 40.0 Å². The summed E-state index contributed by atoms with van der Waals surface area (Å²) in [5.41, 5.74) is 0. The molecule has 0 radical (unpaired) electrons. The Morgan fingerprint density at radius 2 is 2.10 bits per heavy atom. The monoisotopic (exact) mass is 142 g/mol. The number of hydrogen-bond donors (Lipinski definition) is 0. The molecule has 60 valence electrons. The summed E-state index contributed by atoms with van der Waals surface area (Å²) >= 11 is 0. The van der Waals surface area contributed by atoms with Crippen molar-refractivity contribution in [3.05, 3.63) is 11.8 Å². The van der Waals surface area contributed by atoms with E-state index in [9.17, 15) is 0 Å². The zero-order valence-corrected chi connectivity index (χ0v) is 7.31. The summed E-state index contributed by atoms with van der Waals surface area (Å²) < 4.78 is 5.35. The molecule has 10 heavy (non-hydrogen) atoms. The first-order valence-electron chi connectivity index (χ1n) is 4.07. The molecule has 0 aromatic heterocycles. The summed E-state index contributed by atoms with van der Waals surface area (Å²) in [6.45, 7) is 7.06. The SMILES string of the molecule is CC=C(C)OCCCCC. The van der Waals surface area contributed by atoms with Gasteiger partial charge < -0.3 is 4.74 Å². The first kappa shape index (κ1) is 9.54. The van der Waals surface area contributed by atoms with Gasteiger partial charge in [0.1, 0.15) is 0 Å². The molecule has 0 aliphatic carbocycles. The number of ether oxygens (including phenoxy) is 1. The fourth-order valence-corrected chi connectivity index (χ4v) is 0.669. The summed E-state index contributed by atoms with van der Waals surface area (Å²) in [6, 6.07) is 0. The Balaban J connectivity index is 3.04. The van der Waals surface area contributed by atoms with Crippen molar-refractivity contribution in [1.29, 1.82) is 0 Å². The van der Waals surface area contributed by atoms with E-state index in [0.717, 1.165) is 12.4 Å². The van der Waals surface area contributed by atoms with Crippen molar-refractivity contribution in [2.75, 3.05) is 6.61 Å². The lowest BCUT2D eigenvalue weighted by Gasteiger charge is -2.03. The van der Waals surface area contributed by atoms with Crippen LogP contribution in [0.4, 0.5) is 0 Å². The van der Waals surface area contributed by atoms with Crippen LogP contribution in [-0.4, -0.2) is 6.61 Å². The lowest BCUT2D eigenvalue weighted by Crippen LogP contribution is -1.91. The quantitative estimate of drug-likeness (QED) is 0.423. The Bertz CT molecular complexity index is 94.9. The van der Waals surface area contributed by atoms with Gasteiger partial charge in [-0.05, 0) is 20.3 Å². The van der Waals surface area contributed by atoms with Crippen LogP contribution in [0.15, 0.2) is 11.8 Å². The molecule has 0 atom stereocenters. The standard InChI is InChI=1S/C9H18O/c1-4-6-7-8-10-9(3)5-2/h5H,4,6-8H2,1-3H3. The highest BCUT2D eigenvalue weighted by Gasteiger charge is 1.87. The molecule has 0 unspecified atom stereocenters. The fourth-order valence-electron chi connectivity index (χ4n) is 0.669. The minimum Gasteiger partial charge on any atom is -0.499 e. The minimum absolute atomic E-state index is 0.879. The molecule has 0 aliphatic heterocycles. The predicted molar refractivity (Wildman–Crippen MR) is 44.9 cm³/mol. The van der Waals surface area contributed by atoms with E-state index in [1.807, 2.05) is 19.9 Å². The lowest BCUT2D eigenvalue weighted by atomic mass is 10.3. The molecule has 0 saturated carbocycles. The van der Waals surface area contributed by atoms with Crippen LogP contribution in [0.5, 0.6) is 0 Å². The summed E-state index contributed by atoms with van der Waals surface area (Å²) in [4.78, 5) is 0. The van der Waals surface area contributed by atoms with Gasteiger partial charge in [-0.2, -0.15) is 0 Å². The second-order valence-corrected chi connectivity index (χ2v) is 2.45. The number of unbranched alkanes of at least 4 members (excludes halogenated alkanes) is 2. The Morgan fingerprint density at radius 1 is 1.40 bits per heavy atom. The molecule has 0 amide bonds. The van der Waals surface area contributed by atoms with E-state index in [0.29, 0.717) is 0 Å². The van der Waals surface area contributed by atoms with Crippen LogP contribution in [0.3, 0.4) is 0 Å². The molecule has 0 rings (SSSR count). The molecule has 0 heterocycles. The lowest BCUT2D eigenvalue weighted by molar-refractivity contribution is 0.207. The average Bonchev–Trinajstić information content (AvgIpc) is 1.98. The van der Waals surface area contributed by atoms with E-state index in [-0.39, 0.29) is 0 Å². The molecule has 0 spiro atoms. The zero-order valence-electron chi connectivity index (χ0n) is 7.31. The van der Waals surface area contributed by atoms with Crippen molar-refractivity contribution in [3.63, 3.8) is 0 Å². The van der Waals surface area contributed by atoms with Crippen LogP contribution < -0.4 is 0 Å². The Morgan fingerprint density at radius 3 is 2.60 bits per heavy atom. The molecule has 0 aromatic carbocycles. The number of rotatable bonds is 5. The second-order valence-electron chi connectivity index (χ2n) is 2.45. The molecule has 1 heteroatoms. The van der Waals surface area contributed by atoms with Crippen LogP contribution >= 0.6 is 0 Å². The number of hydrogen-bond acceptors (Lipinski definition) is 1. The Labute approximate surface area is 64.1 Å². The van der Waals surface area contributed by atoms with Gasteiger partial charge in [0.2, 0.25) is 0 Å². The van der Waals surface area contributed by atoms with Gasteiger partial charge in [0.05, 0.1) is 12.4 Å². The van der Waals surface area contributed by atoms with Crippen molar-refractivity contribution >= 4 is 0 Å². The van der Waals surface area contributed by atoms with Gasteiger partial charge in [0, 0.05) is 0 Å². The molecule has 0 N–H and O–H groups in total.